The van der Waals surface area contributed by atoms with E-state index in [1.54, 1.807) is 0 Å². The van der Waals surface area contributed by atoms with Crippen molar-refractivity contribution in [2.75, 3.05) is 32.0 Å². The van der Waals surface area contributed by atoms with Gasteiger partial charge in [-0.2, -0.15) is 5.10 Å². The van der Waals surface area contributed by atoms with Gasteiger partial charge in [-0.1, -0.05) is 39.3 Å². The van der Waals surface area contributed by atoms with Gasteiger partial charge in [0.15, 0.2) is 5.82 Å². The lowest BCUT2D eigenvalue weighted by molar-refractivity contribution is 0.183. The molecular formula is C26H34N6O. The number of ether oxygens (including phenoxy) is 1. The first-order valence-electron chi connectivity index (χ1n) is 11.7. The van der Waals surface area contributed by atoms with Gasteiger partial charge in [-0.25, -0.2) is 4.98 Å². The lowest BCUT2D eigenvalue weighted by atomic mass is 9.96. The average Bonchev–Trinajstić information content (AvgIpc) is 3.31. The van der Waals surface area contributed by atoms with Gasteiger partial charge < -0.3 is 10.5 Å². The van der Waals surface area contributed by atoms with Crippen LogP contribution in [0.15, 0.2) is 42.5 Å². The SMILES string of the molecule is CC(C)(C)c1nc(-c2ccc(N)c(C(=N)c3cccc(OCCN4CCCCC4)c3)c2)n[nH]1. The molecule has 0 unspecified atom stereocenters. The Hall–Kier alpha value is -3.19. The van der Waals surface area contributed by atoms with Gasteiger partial charge in [-0.05, 0) is 56.3 Å². The first kappa shape index (κ1) is 23.0. The van der Waals surface area contributed by atoms with Crippen LogP contribution in [0, 0.1) is 5.41 Å². The van der Waals surface area contributed by atoms with Crippen LogP contribution in [0.4, 0.5) is 5.69 Å². The Kier molecular flexibility index (Phi) is 6.79. The molecule has 7 nitrogen and oxygen atoms in total. The number of aromatic nitrogens is 3. The molecule has 0 bridgehead atoms. The number of piperidine rings is 1. The van der Waals surface area contributed by atoms with Crippen molar-refractivity contribution < 1.29 is 4.74 Å². The summed E-state index contributed by atoms with van der Waals surface area (Å²) in [4.78, 5) is 7.09. The molecule has 174 valence electrons. The van der Waals surface area contributed by atoms with E-state index >= 15 is 0 Å². The highest BCUT2D eigenvalue weighted by molar-refractivity contribution is 6.14. The summed E-state index contributed by atoms with van der Waals surface area (Å²) < 4.78 is 6.00. The minimum absolute atomic E-state index is 0.122. The van der Waals surface area contributed by atoms with Crippen LogP contribution in [-0.4, -0.2) is 52.0 Å². The molecule has 0 aliphatic carbocycles. The monoisotopic (exact) mass is 446 g/mol. The number of nitrogens with one attached hydrogen (secondary N) is 2. The van der Waals surface area contributed by atoms with E-state index in [9.17, 15) is 0 Å². The van der Waals surface area contributed by atoms with E-state index in [2.05, 4.69) is 40.9 Å². The summed E-state index contributed by atoms with van der Waals surface area (Å²) in [6, 6.07) is 13.3. The number of nitrogens with zero attached hydrogens (tertiary/aromatic N) is 3. The number of H-pyrrole nitrogens is 1. The quantitative estimate of drug-likeness (QED) is 0.362. The Bertz CT molecular complexity index is 1110. The molecule has 0 radical (unpaired) electrons. The van der Waals surface area contributed by atoms with Crippen molar-refractivity contribution in [3.63, 3.8) is 0 Å². The molecule has 1 aromatic heterocycles. The van der Waals surface area contributed by atoms with E-state index in [4.69, 9.17) is 15.9 Å². The molecule has 0 amide bonds. The first-order chi connectivity index (χ1) is 15.8. The van der Waals surface area contributed by atoms with Crippen LogP contribution >= 0.6 is 0 Å². The Morgan fingerprint density at radius 3 is 2.64 bits per heavy atom. The molecule has 2 aromatic carbocycles. The molecule has 7 heteroatoms. The Morgan fingerprint density at radius 2 is 1.91 bits per heavy atom. The predicted molar refractivity (Wildman–Crippen MR) is 133 cm³/mol. The Balaban J connectivity index is 1.49. The lowest BCUT2D eigenvalue weighted by Crippen LogP contribution is -2.33. The molecule has 1 fully saturated rings. The number of hydrogen-bond acceptors (Lipinski definition) is 6. The van der Waals surface area contributed by atoms with Crippen molar-refractivity contribution in [2.24, 2.45) is 0 Å². The summed E-state index contributed by atoms with van der Waals surface area (Å²) in [6.45, 7) is 10.2. The fraction of sp³-hybridized carbons (Fsp3) is 0.423. The summed E-state index contributed by atoms with van der Waals surface area (Å²) in [5, 5.41) is 16.2. The largest absolute Gasteiger partial charge is 0.492 e. The van der Waals surface area contributed by atoms with Crippen LogP contribution in [0.3, 0.4) is 0 Å². The number of rotatable bonds is 7. The van der Waals surface area contributed by atoms with Gasteiger partial charge in [-0.15, -0.1) is 0 Å². The summed E-state index contributed by atoms with van der Waals surface area (Å²) in [7, 11) is 0. The van der Waals surface area contributed by atoms with E-state index in [1.807, 2.05) is 42.5 Å². The van der Waals surface area contributed by atoms with Crippen molar-refractivity contribution in [1.82, 2.24) is 20.1 Å². The zero-order valence-electron chi connectivity index (χ0n) is 19.8. The Labute approximate surface area is 195 Å². The van der Waals surface area contributed by atoms with Crippen LogP contribution < -0.4 is 10.5 Å². The van der Waals surface area contributed by atoms with Crippen LogP contribution in [-0.2, 0) is 5.41 Å². The van der Waals surface area contributed by atoms with E-state index in [0.29, 0.717) is 29.4 Å². The number of nitrogens with two attached hydrogens (primary N) is 1. The molecule has 4 N–H and O–H groups in total. The van der Waals surface area contributed by atoms with Crippen molar-refractivity contribution in [1.29, 1.82) is 5.41 Å². The second-order valence-electron chi connectivity index (χ2n) is 9.71. The molecule has 0 spiro atoms. The normalized spacial score (nSPS) is 14.9. The third kappa shape index (κ3) is 5.60. The molecule has 4 rings (SSSR count). The average molecular weight is 447 g/mol. The molecular weight excluding hydrogens is 412 g/mol. The summed E-state index contributed by atoms with van der Waals surface area (Å²) in [5.41, 5.74) is 9.27. The van der Waals surface area contributed by atoms with Gasteiger partial charge in [-0.3, -0.25) is 15.4 Å². The molecule has 0 atom stereocenters. The maximum atomic E-state index is 8.82. The minimum atomic E-state index is -0.122. The number of benzene rings is 2. The van der Waals surface area contributed by atoms with Crippen molar-refractivity contribution in [3.8, 4) is 17.1 Å². The molecule has 3 aromatic rings. The standard InChI is InChI=1S/C26H34N6O/c1-26(2,3)25-29-24(30-31-25)19-10-11-22(27)21(17-19)23(28)18-8-7-9-20(16-18)33-15-14-32-12-5-4-6-13-32/h7-11,16-17,28H,4-6,12-15,27H2,1-3H3,(H,29,30,31). The maximum absolute atomic E-state index is 8.82. The predicted octanol–water partition coefficient (Wildman–Crippen LogP) is 4.63. The fourth-order valence-corrected chi connectivity index (χ4v) is 4.01. The van der Waals surface area contributed by atoms with Crippen molar-refractivity contribution in [2.45, 2.75) is 45.4 Å². The third-order valence-corrected chi connectivity index (χ3v) is 6.02. The summed E-state index contributed by atoms with van der Waals surface area (Å²) >= 11 is 0. The number of anilines is 1. The van der Waals surface area contributed by atoms with E-state index in [-0.39, 0.29) is 5.41 Å². The molecule has 1 saturated heterocycles. The summed E-state index contributed by atoms with van der Waals surface area (Å²) in [5.74, 6) is 2.19. The second kappa shape index (κ2) is 9.75. The van der Waals surface area contributed by atoms with Crippen LogP contribution in [0.5, 0.6) is 5.75 Å². The molecule has 1 aliphatic rings. The Morgan fingerprint density at radius 1 is 1.12 bits per heavy atom. The molecule has 2 heterocycles. The number of nitrogen functional groups attached to an aromatic ring is 1. The maximum Gasteiger partial charge on any atom is 0.181 e. The lowest BCUT2D eigenvalue weighted by Gasteiger charge is -2.26. The molecule has 1 aliphatic heterocycles. The van der Waals surface area contributed by atoms with E-state index in [0.717, 1.165) is 42.3 Å². The number of likely N-dealkylation sites (tertiary alicyclic amines) is 1. The molecule has 33 heavy (non-hydrogen) atoms. The van der Waals surface area contributed by atoms with Gasteiger partial charge >= 0.3 is 0 Å². The van der Waals surface area contributed by atoms with E-state index in [1.165, 1.54) is 19.3 Å². The zero-order valence-corrected chi connectivity index (χ0v) is 19.8. The van der Waals surface area contributed by atoms with Crippen LogP contribution in [0.1, 0.15) is 57.0 Å². The van der Waals surface area contributed by atoms with Gasteiger partial charge in [0.2, 0.25) is 0 Å². The van der Waals surface area contributed by atoms with Gasteiger partial charge in [0, 0.05) is 34.3 Å². The molecule has 0 saturated carbocycles. The van der Waals surface area contributed by atoms with Crippen molar-refractivity contribution in [3.05, 3.63) is 59.4 Å². The highest BCUT2D eigenvalue weighted by atomic mass is 16.5. The number of hydrogen-bond donors (Lipinski definition) is 3. The summed E-state index contributed by atoms with van der Waals surface area (Å²) in [6.07, 6.45) is 3.89. The first-order valence-corrected chi connectivity index (χ1v) is 11.7. The van der Waals surface area contributed by atoms with E-state index < -0.39 is 0 Å². The third-order valence-electron chi connectivity index (χ3n) is 6.02. The van der Waals surface area contributed by atoms with Crippen molar-refractivity contribution >= 4 is 11.4 Å². The van der Waals surface area contributed by atoms with Gasteiger partial charge in [0.25, 0.3) is 0 Å². The smallest absolute Gasteiger partial charge is 0.181 e. The van der Waals surface area contributed by atoms with Gasteiger partial charge in [0.05, 0.1) is 5.71 Å². The number of aromatic amines is 1. The highest BCUT2D eigenvalue weighted by Crippen LogP contribution is 2.26. The minimum Gasteiger partial charge on any atom is -0.492 e. The topological polar surface area (TPSA) is 104 Å². The second-order valence-corrected chi connectivity index (χ2v) is 9.71. The van der Waals surface area contributed by atoms with Gasteiger partial charge in [0.1, 0.15) is 18.2 Å². The zero-order chi connectivity index (χ0) is 23.4. The van der Waals surface area contributed by atoms with Crippen LogP contribution in [0.25, 0.3) is 11.4 Å². The highest BCUT2D eigenvalue weighted by Gasteiger charge is 2.20. The fourth-order valence-electron chi connectivity index (χ4n) is 4.01. The van der Waals surface area contributed by atoms with Crippen LogP contribution in [0.2, 0.25) is 0 Å².